The number of halogens is 5. The molecule has 0 unspecified atom stereocenters. The van der Waals surface area contributed by atoms with Gasteiger partial charge in [-0.2, -0.15) is 10.5 Å². The van der Waals surface area contributed by atoms with Gasteiger partial charge in [0.25, 0.3) is 9.05 Å². The van der Waals surface area contributed by atoms with Crippen LogP contribution >= 0.6 is 57.1 Å². The number of hydrogen-bond donors (Lipinski definition) is 1. The van der Waals surface area contributed by atoms with Crippen LogP contribution in [0.4, 0.5) is 0 Å². The molecule has 3 aliphatic rings. The highest BCUT2D eigenvalue weighted by atomic mass is 35.7. The van der Waals surface area contributed by atoms with Crippen LogP contribution in [-0.4, -0.2) is 47.4 Å². The summed E-state index contributed by atoms with van der Waals surface area (Å²) < 4.78 is 63.7. The van der Waals surface area contributed by atoms with Crippen LogP contribution in [0.25, 0.3) is 0 Å². The molecule has 50 heavy (non-hydrogen) atoms. The van der Waals surface area contributed by atoms with Crippen molar-refractivity contribution in [1.29, 1.82) is 10.5 Å². The van der Waals surface area contributed by atoms with Gasteiger partial charge in [0.15, 0.2) is 0 Å². The molecule has 3 fully saturated rings. The molecule has 0 spiro atoms. The van der Waals surface area contributed by atoms with Gasteiger partial charge in [0, 0.05) is 43.4 Å². The number of nitrogens with zero attached hydrogens (tertiary/aromatic N) is 3. The third-order valence-corrected chi connectivity index (χ3v) is 11.5. The van der Waals surface area contributed by atoms with Crippen molar-refractivity contribution in [2.24, 2.45) is 5.92 Å². The van der Waals surface area contributed by atoms with E-state index in [0.29, 0.717) is 38.3 Å². The Morgan fingerprint density at radius 2 is 1.12 bits per heavy atom. The van der Waals surface area contributed by atoms with Gasteiger partial charge in [0.2, 0.25) is 10.0 Å². The van der Waals surface area contributed by atoms with E-state index in [9.17, 15) is 22.1 Å². The van der Waals surface area contributed by atoms with Crippen LogP contribution in [0.1, 0.15) is 24.0 Å². The lowest BCUT2D eigenvalue weighted by Crippen LogP contribution is -2.57. The van der Waals surface area contributed by atoms with Gasteiger partial charge in [0.1, 0.15) is 32.8 Å². The van der Waals surface area contributed by atoms with E-state index in [4.69, 9.17) is 71.8 Å². The number of piperidine rings is 3. The second-order valence-corrected chi connectivity index (χ2v) is 17.2. The molecule has 3 aliphatic heterocycles. The Morgan fingerprint density at radius 3 is 1.52 bits per heavy atom. The molecule has 1 atom stereocenters. The number of benzene rings is 4. The summed E-state index contributed by atoms with van der Waals surface area (Å²) in [5.74, 6) is 0.966. The van der Waals surface area contributed by atoms with Gasteiger partial charge >= 0.3 is 0 Å². The van der Waals surface area contributed by atoms with E-state index in [0.717, 1.165) is 32.0 Å². The first-order valence-electron chi connectivity index (χ1n) is 14.7. The molecule has 0 saturated carbocycles. The fourth-order valence-corrected chi connectivity index (χ4v) is 8.96. The van der Waals surface area contributed by atoms with Crippen molar-refractivity contribution in [3.63, 3.8) is 0 Å². The van der Waals surface area contributed by atoms with E-state index < -0.39 is 19.1 Å². The molecule has 0 amide bonds. The summed E-state index contributed by atoms with van der Waals surface area (Å²) in [5, 5.41) is 19.5. The van der Waals surface area contributed by atoms with Crippen LogP contribution in [0.15, 0.2) is 82.6 Å². The number of nitrogens with one attached hydrogen (secondary N) is 1. The number of rotatable bonds is 8. The minimum atomic E-state index is -4.08. The van der Waals surface area contributed by atoms with Crippen molar-refractivity contribution >= 4 is 76.2 Å². The number of hydrogen-bond acceptors (Lipinski definition) is 9. The van der Waals surface area contributed by atoms with E-state index in [2.05, 4.69) is 9.62 Å². The van der Waals surface area contributed by atoms with E-state index in [-0.39, 0.29) is 44.2 Å². The van der Waals surface area contributed by atoms with Gasteiger partial charge in [-0.05, 0) is 105 Å². The van der Waals surface area contributed by atoms with Crippen molar-refractivity contribution in [2.75, 3.05) is 19.6 Å². The third-order valence-electron chi connectivity index (χ3n) is 7.79. The summed E-state index contributed by atoms with van der Waals surface area (Å²) in [6.45, 7) is 2.72. The highest BCUT2D eigenvalue weighted by Gasteiger charge is 2.37. The number of ether oxygens (including phenoxy) is 2. The van der Waals surface area contributed by atoms with E-state index in [1.54, 1.807) is 18.2 Å². The van der Waals surface area contributed by atoms with Gasteiger partial charge in [-0.1, -0.05) is 46.4 Å². The number of fused-ring (bicyclic) bond motifs is 3. The Bertz CT molecular complexity index is 2200. The first-order valence-corrected chi connectivity index (χ1v) is 20.0. The standard InChI is InChI=1S/C20H19Cl2N3O3S.C13H6Cl3NO3S/c21-15-8-16(22)10-17(9-15)28-19-2-1-13(11-23)7-20(19)29(26,27)24-18-12-25-5-3-14(18)4-6-25;14-9-4-10(15)6-11(5-9)20-12-2-1-8(7-17)3-13(12)21(16,18)19/h1-2,7-10,14,18,24H,3-6,12H2;1-6H/t18-;/m0./s1. The van der Waals surface area contributed by atoms with Gasteiger partial charge < -0.3 is 14.4 Å². The molecule has 17 heteroatoms. The van der Waals surface area contributed by atoms with Crippen molar-refractivity contribution in [3.8, 4) is 35.1 Å². The Labute approximate surface area is 314 Å². The molecule has 260 valence electrons. The molecular formula is C33H25Cl5N4O6S2. The summed E-state index contributed by atoms with van der Waals surface area (Å²) >= 11 is 23.7. The van der Waals surface area contributed by atoms with Gasteiger partial charge in [-0.25, -0.2) is 21.6 Å². The predicted molar refractivity (Wildman–Crippen MR) is 192 cm³/mol. The predicted octanol–water partition coefficient (Wildman–Crippen LogP) is 8.61. The summed E-state index contributed by atoms with van der Waals surface area (Å²) in [5.41, 5.74) is 0.376. The molecule has 0 aliphatic carbocycles. The molecule has 0 aromatic heterocycles. The zero-order chi connectivity index (χ0) is 36.2. The van der Waals surface area contributed by atoms with Crippen molar-refractivity contribution in [1.82, 2.24) is 9.62 Å². The summed E-state index contributed by atoms with van der Waals surface area (Å²) in [4.78, 5) is 1.88. The topological polar surface area (TPSA) is 150 Å². The van der Waals surface area contributed by atoms with Crippen molar-refractivity contribution in [2.45, 2.75) is 28.7 Å². The largest absolute Gasteiger partial charge is 0.456 e. The molecule has 0 radical (unpaired) electrons. The van der Waals surface area contributed by atoms with E-state index in [1.807, 2.05) is 12.1 Å². The zero-order valence-electron chi connectivity index (χ0n) is 25.6. The molecular weight excluding hydrogens is 790 g/mol. The molecule has 3 saturated heterocycles. The zero-order valence-corrected chi connectivity index (χ0v) is 31.0. The average Bonchev–Trinajstić information content (AvgIpc) is 3.04. The Balaban J connectivity index is 0.000000205. The van der Waals surface area contributed by atoms with Crippen LogP contribution < -0.4 is 14.2 Å². The minimum Gasteiger partial charge on any atom is -0.456 e. The Hall–Kier alpha value is -3.27. The Morgan fingerprint density at radius 1 is 0.680 bits per heavy atom. The quantitative estimate of drug-likeness (QED) is 0.173. The second kappa shape index (κ2) is 16.0. The fourth-order valence-electron chi connectivity index (χ4n) is 5.51. The smallest absolute Gasteiger partial charge is 0.265 e. The lowest BCUT2D eigenvalue weighted by Gasteiger charge is -2.44. The van der Waals surface area contributed by atoms with Crippen LogP contribution in [0, 0.1) is 28.6 Å². The molecule has 4 aromatic carbocycles. The van der Waals surface area contributed by atoms with Crippen LogP contribution in [0.2, 0.25) is 20.1 Å². The van der Waals surface area contributed by atoms with Crippen molar-refractivity contribution in [3.05, 3.63) is 104 Å². The molecule has 4 aromatic rings. The monoisotopic (exact) mass is 812 g/mol. The highest BCUT2D eigenvalue weighted by Crippen LogP contribution is 2.36. The van der Waals surface area contributed by atoms with Crippen molar-refractivity contribution < 1.29 is 26.3 Å². The maximum Gasteiger partial charge on any atom is 0.265 e. The first kappa shape index (κ1) is 38.0. The van der Waals surface area contributed by atoms with E-state index in [1.165, 1.54) is 48.5 Å². The fraction of sp³-hybridized carbons (Fsp3) is 0.212. The first-order chi connectivity index (χ1) is 23.6. The maximum atomic E-state index is 13.2. The number of sulfonamides is 1. The van der Waals surface area contributed by atoms with Gasteiger partial charge in [-0.15, -0.1) is 0 Å². The van der Waals surface area contributed by atoms with Gasteiger partial charge in [0.05, 0.1) is 23.3 Å². The minimum absolute atomic E-state index is 0.0256. The number of nitriles is 2. The van der Waals surface area contributed by atoms with Crippen LogP contribution in [0.5, 0.6) is 23.0 Å². The average molecular weight is 815 g/mol. The normalized spacial score (nSPS) is 18.3. The van der Waals surface area contributed by atoms with Gasteiger partial charge in [-0.3, -0.25) is 0 Å². The SMILES string of the molecule is N#Cc1ccc(Oc2cc(Cl)cc(Cl)c2)c(S(=O)(=O)Cl)c1.N#Cc1ccc(Oc2cc(Cl)cc(Cl)c2)c(S(=O)(=O)N[C@H]2CN3CCC2CC3)c1. The summed E-state index contributed by atoms with van der Waals surface area (Å²) in [6.07, 6.45) is 1.96. The van der Waals surface area contributed by atoms with Crippen LogP contribution in [0.3, 0.4) is 0 Å². The molecule has 10 nitrogen and oxygen atoms in total. The maximum absolute atomic E-state index is 13.2. The summed E-state index contributed by atoms with van der Waals surface area (Å²) in [6, 6.07) is 20.9. The molecule has 2 bridgehead atoms. The van der Waals surface area contributed by atoms with E-state index >= 15 is 0 Å². The molecule has 1 N–H and O–H groups in total. The second-order valence-electron chi connectivity index (χ2n) is 11.3. The Kier molecular flexibility index (Phi) is 12.1. The molecule has 7 rings (SSSR count). The lowest BCUT2D eigenvalue weighted by molar-refractivity contribution is 0.0827. The van der Waals surface area contributed by atoms with Crippen LogP contribution in [-0.2, 0) is 19.1 Å². The lowest BCUT2D eigenvalue weighted by atomic mass is 9.85. The molecule has 3 heterocycles. The third kappa shape index (κ3) is 9.74. The highest BCUT2D eigenvalue weighted by molar-refractivity contribution is 8.13. The summed E-state index contributed by atoms with van der Waals surface area (Å²) in [7, 11) is -2.63.